The van der Waals surface area contributed by atoms with Crippen molar-refractivity contribution >= 4 is 34.2 Å². The highest BCUT2D eigenvalue weighted by atomic mass is 32.1. The van der Waals surface area contributed by atoms with Gasteiger partial charge in [0, 0.05) is 4.88 Å². The predicted octanol–water partition coefficient (Wildman–Crippen LogP) is 3.83. The van der Waals surface area contributed by atoms with Crippen LogP contribution in [0.15, 0.2) is 23.0 Å². The van der Waals surface area contributed by atoms with Crippen molar-refractivity contribution < 1.29 is 28.3 Å². The quantitative estimate of drug-likeness (QED) is 0.734. The Labute approximate surface area is 167 Å². The van der Waals surface area contributed by atoms with E-state index in [1.54, 1.807) is 13.8 Å². The van der Waals surface area contributed by atoms with E-state index >= 15 is 0 Å². The van der Waals surface area contributed by atoms with E-state index in [1.165, 1.54) is 29.9 Å². The molecule has 0 spiro atoms. The molecule has 2 aromatic rings. The first-order chi connectivity index (χ1) is 13.3. The Morgan fingerprint density at radius 2 is 2.11 bits per heavy atom. The third kappa shape index (κ3) is 4.62. The smallest absolute Gasteiger partial charge is 0.341 e. The molecule has 1 aliphatic rings. The van der Waals surface area contributed by atoms with Gasteiger partial charge in [-0.3, -0.25) is 4.79 Å². The maximum Gasteiger partial charge on any atom is 0.341 e. The summed E-state index contributed by atoms with van der Waals surface area (Å²) in [5.41, 5.74) is 1.61. The Balaban J connectivity index is 1.74. The largest absolute Gasteiger partial charge is 0.472 e. The SMILES string of the molecule is CC1CCc2c(sc(NC(=O)COC(=O)c3ccoc3)c2C(=O)OC(C)C)C1. The normalized spacial score (nSPS) is 15.8. The van der Waals surface area contributed by atoms with Crippen LogP contribution in [0.4, 0.5) is 5.00 Å². The molecule has 150 valence electrons. The number of thiophene rings is 1. The highest BCUT2D eigenvalue weighted by Gasteiger charge is 2.29. The van der Waals surface area contributed by atoms with Gasteiger partial charge in [-0.1, -0.05) is 6.92 Å². The van der Waals surface area contributed by atoms with E-state index in [0.717, 1.165) is 29.7 Å². The number of carbonyl (C=O) groups excluding carboxylic acids is 3. The zero-order valence-corrected chi connectivity index (χ0v) is 16.9. The van der Waals surface area contributed by atoms with Gasteiger partial charge >= 0.3 is 11.9 Å². The molecule has 1 unspecified atom stereocenters. The molecule has 1 atom stereocenters. The van der Waals surface area contributed by atoms with E-state index in [1.807, 2.05) is 0 Å². The van der Waals surface area contributed by atoms with Crippen molar-refractivity contribution in [3.8, 4) is 0 Å². The van der Waals surface area contributed by atoms with Crippen LogP contribution in [0.25, 0.3) is 0 Å². The van der Waals surface area contributed by atoms with Crippen LogP contribution in [0.1, 0.15) is 58.3 Å². The molecule has 0 fully saturated rings. The van der Waals surface area contributed by atoms with E-state index < -0.39 is 24.5 Å². The third-order valence-corrected chi connectivity index (χ3v) is 5.57. The first kappa shape index (κ1) is 20.1. The monoisotopic (exact) mass is 405 g/mol. The summed E-state index contributed by atoms with van der Waals surface area (Å²) in [6, 6.07) is 1.45. The zero-order chi connectivity index (χ0) is 20.3. The van der Waals surface area contributed by atoms with Crippen LogP contribution in [-0.4, -0.2) is 30.6 Å². The number of ether oxygens (including phenoxy) is 2. The molecule has 0 bridgehead atoms. The lowest BCUT2D eigenvalue weighted by molar-refractivity contribution is -0.119. The van der Waals surface area contributed by atoms with Crippen molar-refractivity contribution in [2.24, 2.45) is 5.92 Å². The molecule has 0 aliphatic heterocycles. The molecule has 7 nitrogen and oxygen atoms in total. The van der Waals surface area contributed by atoms with Crippen molar-refractivity contribution in [1.82, 2.24) is 0 Å². The summed E-state index contributed by atoms with van der Waals surface area (Å²) in [5, 5.41) is 3.17. The number of amides is 1. The molecule has 0 aromatic carbocycles. The second-order valence-electron chi connectivity index (χ2n) is 7.15. The molecule has 1 aliphatic carbocycles. The molecule has 1 amide bonds. The molecule has 0 saturated heterocycles. The minimum Gasteiger partial charge on any atom is -0.472 e. The number of rotatable bonds is 6. The minimum atomic E-state index is -0.650. The van der Waals surface area contributed by atoms with Gasteiger partial charge in [-0.2, -0.15) is 0 Å². The van der Waals surface area contributed by atoms with Gasteiger partial charge in [-0.15, -0.1) is 11.3 Å². The summed E-state index contributed by atoms with van der Waals surface area (Å²) < 4.78 is 15.2. The van der Waals surface area contributed by atoms with Gasteiger partial charge in [0.15, 0.2) is 6.61 Å². The average molecular weight is 405 g/mol. The molecular formula is C20H23NO6S. The molecular weight excluding hydrogens is 382 g/mol. The maximum atomic E-state index is 12.6. The number of furan rings is 1. The highest BCUT2D eigenvalue weighted by molar-refractivity contribution is 7.17. The summed E-state index contributed by atoms with van der Waals surface area (Å²) in [6.07, 6.45) is 4.97. The molecule has 1 N–H and O–H groups in total. The fourth-order valence-electron chi connectivity index (χ4n) is 3.09. The molecule has 2 aromatic heterocycles. The van der Waals surface area contributed by atoms with Gasteiger partial charge in [-0.05, 0) is 50.7 Å². The van der Waals surface area contributed by atoms with E-state index in [0.29, 0.717) is 16.5 Å². The van der Waals surface area contributed by atoms with Gasteiger partial charge in [0.1, 0.15) is 11.3 Å². The van der Waals surface area contributed by atoms with Crippen molar-refractivity contribution in [2.75, 3.05) is 11.9 Å². The summed E-state index contributed by atoms with van der Waals surface area (Å²) in [5.74, 6) is -1.07. The van der Waals surface area contributed by atoms with E-state index in [-0.39, 0.29) is 11.7 Å². The Morgan fingerprint density at radius 1 is 1.32 bits per heavy atom. The van der Waals surface area contributed by atoms with Gasteiger partial charge in [0.05, 0.1) is 23.5 Å². The predicted molar refractivity (Wildman–Crippen MR) is 104 cm³/mol. The maximum absolute atomic E-state index is 12.6. The third-order valence-electron chi connectivity index (χ3n) is 4.40. The van der Waals surface area contributed by atoms with Crippen molar-refractivity contribution in [3.05, 3.63) is 40.2 Å². The molecule has 2 heterocycles. The van der Waals surface area contributed by atoms with E-state index in [2.05, 4.69) is 12.2 Å². The lowest BCUT2D eigenvalue weighted by atomic mass is 9.88. The van der Waals surface area contributed by atoms with Gasteiger partial charge in [0.2, 0.25) is 0 Å². The fraction of sp³-hybridized carbons (Fsp3) is 0.450. The number of carbonyl (C=O) groups is 3. The highest BCUT2D eigenvalue weighted by Crippen LogP contribution is 2.40. The molecule has 0 saturated carbocycles. The molecule has 3 rings (SSSR count). The second-order valence-corrected chi connectivity index (χ2v) is 8.25. The van der Waals surface area contributed by atoms with Crippen LogP contribution in [-0.2, 0) is 27.1 Å². The fourth-order valence-corrected chi connectivity index (χ4v) is 4.50. The summed E-state index contributed by atoms with van der Waals surface area (Å²) in [7, 11) is 0. The standard InChI is InChI=1S/C20H23NO6S/c1-11(2)27-20(24)17-14-5-4-12(3)8-15(14)28-18(17)21-16(22)10-26-19(23)13-6-7-25-9-13/h6-7,9,11-12H,4-5,8,10H2,1-3H3,(H,21,22). The van der Waals surface area contributed by atoms with Crippen LogP contribution >= 0.6 is 11.3 Å². The lowest BCUT2D eigenvalue weighted by Gasteiger charge is -2.18. The number of nitrogens with one attached hydrogen (secondary N) is 1. The number of hydrogen-bond donors (Lipinski definition) is 1. The van der Waals surface area contributed by atoms with Crippen LogP contribution < -0.4 is 5.32 Å². The Bertz CT molecular complexity index is 868. The molecule has 0 radical (unpaired) electrons. The van der Waals surface area contributed by atoms with Gasteiger partial charge in [-0.25, -0.2) is 9.59 Å². The van der Waals surface area contributed by atoms with E-state index in [9.17, 15) is 14.4 Å². The minimum absolute atomic E-state index is 0.231. The first-order valence-corrected chi connectivity index (χ1v) is 10.0. The summed E-state index contributed by atoms with van der Waals surface area (Å²) in [6.45, 7) is 5.28. The Kier molecular flexibility index (Phi) is 6.18. The number of esters is 2. The molecule has 28 heavy (non-hydrogen) atoms. The van der Waals surface area contributed by atoms with Crippen molar-refractivity contribution in [1.29, 1.82) is 0 Å². The topological polar surface area (TPSA) is 94.8 Å². The number of fused-ring (bicyclic) bond motifs is 1. The van der Waals surface area contributed by atoms with Crippen molar-refractivity contribution in [2.45, 2.75) is 46.1 Å². The van der Waals surface area contributed by atoms with Gasteiger partial charge in [0.25, 0.3) is 5.91 Å². The summed E-state index contributed by atoms with van der Waals surface area (Å²) >= 11 is 1.39. The number of anilines is 1. The average Bonchev–Trinajstić information content (AvgIpc) is 3.26. The van der Waals surface area contributed by atoms with Crippen LogP contribution in [0.5, 0.6) is 0 Å². The zero-order valence-electron chi connectivity index (χ0n) is 16.1. The van der Waals surface area contributed by atoms with E-state index in [4.69, 9.17) is 13.9 Å². The van der Waals surface area contributed by atoms with Crippen LogP contribution in [0, 0.1) is 5.92 Å². The Hall–Kier alpha value is -2.61. The second kappa shape index (κ2) is 8.60. The lowest BCUT2D eigenvalue weighted by Crippen LogP contribution is -2.22. The van der Waals surface area contributed by atoms with Crippen LogP contribution in [0.2, 0.25) is 0 Å². The van der Waals surface area contributed by atoms with Crippen molar-refractivity contribution in [3.63, 3.8) is 0 Å². The van der Waals surface area contributed by atoms with Crippen LogP contribution in [0.3, 0.4) is 0 Å². The number of hydrogen-bond acceptors (Lipinski definition) is 7. The first-order valence-electron chi connectivity index (χ1n) is 9.19. The molecule has 8 heteroatoms. The summed E-state index contributed by atoms with van der Waals surface area (Å²) in [4.78, 5) is 37.9. The van der Waals surface area contributed by atoms with Gasteiger partial charge < -0.3 is 19.2 Å². The Morgan fingerprint density at radius 3 is 2.79 bits per heavy atom.